The molecule has 1 aliphatic heterocycles. The molecule has 1 fully saturated rings. The van der Waals surface area contributed by atoms with Crippen LogP contribution in [0.2, 0.25) is 0 Å². The van der Waals surface area contributed by atoms with Gasteiger partial charge in [-0.3, -0.25) is 10.2 Å². The quantitative estimate of drug-likeness (QED) is 0.587. The third-order valence-electron chi connectivity index (χ3n) is 2.78. The molecule has 1 saturated heterocycles. The first kappa shape index (κ1) is 10.7. The number of nitrogen functional groups attached to an aromatic ring is 1. The Bertz CT molecular complexity index is 428. The van der Waals surface area contributed by atoms with E-state index < -0.39 is 0 Å². The highest BCUT2D eigenvalue weighted by molar-refractivity contribution is 5.95. The summed E-state index contributed by atoms with van der Waals surface area (Å²) >= 11 is 0. The minimum Gasteiger partial charge on any atom is -0.384 e. The second-order valence-electron chi connectivity index (χ2n) is 4.03. The number of benzene rings is 1. The maximum absolute atomic E-state index is 11.5. The van der Waals surface area contributed by atoms with E-state index in [1.807, 2.05) is 23.1 Å². The number of carbonyl (C=O) groups is 1. The van der Waals surface area contributed by atoms with Gasteiger partial charge >= 0.3 is 0 Å². The van der Waals surface area contributed by atoms with Crippen LogP contribution in [0.1, 0.15) is 24.0 Å². The lowest BCUT2D eigenvalue weighted by atomic mass is 10.1. The molecule has 0 bridgehead atoms. The Morgan fingerprint density at radius 3 is 2.94 bits per heavy atom. The SMILES string of the molecule is N=C(N)c1cccc(CN2CCCC2=O)c1. The molecule has 1 aromatic carbocycles. The molecule has 0 radical (unpaired) electrons. The van der Waals surface area contributed by atoms with E-state index in [-0.39, 0.29) is 11.7 Å². The Balaban J connectivity index is 2.12. The first-order valence-electron chi connectivity index (χ1n) is 5.38. The van der Waals surface area contributed by atoms with Gasteiger partial charge in [-0.05, 0) is 18.1 Å². The van der Waals surface area contributed by atoms with Crippen LogP contribution in [0, 0.1) is 5.41 Å². The van der Waals surface area contributed by atoms with Gasteiger partial charge in [0.05, 0.1) is 0 Å². The third kappa shape index (κ3) is 2.21. The van der Waals surface area contributed by atoms with E-state index in [4.69, 9.17) is 11.1 Å². The normalized spacial score (nSPS) is 15.5. The first-order chi connectivity index (χ1) is 7.66. The number of likely N-dealkylation sites (tertiary alicyclic amines) is 1. The number of nitrogens with two attached hydrogens (primary N) is 1. The Hall–Kier alpha value is -1.84. The van der Waals surface area contributed by atoms with E-state index in [0.29, 0.717) is 18.5 Å². The molecule has 2 rings (SSSR count). The van der Waals surface area contributed by atoms with Crippen LogP contribution in [0.4, 0.5) is 0 Å². The van der Waals surface area contributed by atoms with Gasteiger partial charge < -0.3 is 10.6 Å². The summed E-state index contributed by atoms with van der Waals surface area (Å²) in [5.41, 5.74) is 7.16. The van der Waals surface area contributed by atoms with Crippen LogP contribution >= 0.6 is 0 Å². The van der Waals surface area contributed by atoms with Crippen molar-refractivity contribution in [2.75, 3.05) is 6.54 Å². The van der Waals surface area contributed by atoms with Crippen molar-refractivity contribution in [2.45, 2.75) is 19.4 Å². The lowest BCUT2D eigenvalue weighted by Crippen LogP contribution is -2.24. The number of nitrogens with zero attached hydrogens (tertiary/aromatic N) is 1. The molecule has 0 saturated carbocycles. The maximum Gasteiger partial charge on any atom is 0.222 e. The van der Waals surface area contributed by atoms with E-state index in [9.17, 15) is 4.79 Å². The number of nitrogens with one attached hydrogen (secondary N) is 1. The smallest absolute Gasteiger partial charge is 0.222 e. The summed E-state index contributed by atoms with van der Waals surface area (Å²) in [6, 6.07) is 7.50. The van der Waals surface area contributed by atoms with Crippen LogP contribution in [0.5, 0.6) is 0 Å². The van der Waals surface area contributed by atoms with E-state index in [2.05, 4.69) is 0 Å². The number of hydrogen-bond donors (Lipinski definition) is 2. The molecule has 0 atom stereocenters. The number of hydrogen-bond acceptors (Lipinski definition) is 2. The monoisotopic (exact) mass is 217 g/mol. The fourth-order valence-electron chi connectivity index (χ4n) is 1.93. The van der Waals surface area contributed by atoms with Crippen molar-refractivity contribution in [3.63, 3.8) is 0 Å². The highest BCUT2D eigenvalue weighted by Crippen LogP contribution is 2.14. The summed E-state index contributed by atoms with van der Waals surface area (Å²) in [6.07, 6.45) is 1.61. The molecule has 0 spiro atoms. The number of rotatable bonds is 3. The van der Waals surface area contributed by atoms with Gasteiger partial charge in [-0.15, -0.1) is 0 Å². The Labute approximate surface area is 94.6 Å². The topological polar surface area (TPSA) is 70.2 Å². The summed E-state index contributed by atoms with van der Waals surface area (Å²) < 4.78 is 0. The molecule has 4 heteroatoms. The van der Waals surface area contributed by atoms with Crippen LogP contribution in [-0.4, -0.2) is 23.2 Å². The van der Waals surface area contributed by atoms with E-state index in [0.717, 1.165) is 18.5 Å². The molecular formula is C12H15N3O. The maximum atomic E-state index is 11.5. The van der Waals surface area contributed by atoms with Gasteiger partial charge in [0.1, 0.15) is 5.84 Å². The fraction of sp³-hybridized carbons (Fsp3) is 0.333. The highest BCUT2D eigenvalue weighted by atomic mass is 16.2. The van der Waals surface area contributed by atoms with Gasteiger partial charge in [0, 0.05) is 25.1 Å². The van der Waals surface area contributed by atoms with Crippen molar-refractivity contribution in [1.82, 2.24) is 4.90 Å². The third-order valence-corrected chi connectivity index (χ3v) is 2.78. The van der Waals surface area contributed by atoms with Gasteiger partial charge in [-0.2, -0.15) is 0 Å². The summed E-state index contributed by atoms with van der Waals surface area (Å²) in [5, 5.41) is 7.35. The summed E-state index contributed by atoms with van der Waals surface area (Å²) in [6.45, 7) is 1.46. The van der Waals surface area contributed by atoms with Crippen LogP contribution in [0.15, 0.2) is 24.3 Å². The van der Waals surface area contributed by atoms with E-state index in [1.165, 1.54) is 0 Å². The molecule has 3 N–H and O–H groups in total. The Morgan fingerprint density at radius 1 is 1.50 bits per heavy atom. The lowest BCUT2D eigenvalue weighted by Gasteiger charge is -2.15. The molecule has 1 aromatic rings. The molecule has 16 heavy (non-hydrogen) atoms. The molecular weight excluding hydrogens is 202 g/mol. The van der Waals surface area contributed by atoms with Gasteiger partial charge in [0.25, 0.3) is 0 Å². The zero-order valence-electron chi connectivity index (χ0n) is 9.07. The fourth-order valence-corrected chi connectivity index (χ4v) is 1.93. The van der Waals surface area contributed by atoms with Crippen molar-refractivity contribution < 1.29 is 4.79 Å². The minimum absolute atomic E-state index is 0.0644. The Morgan fingerprint density at radius 2 is 2.31 bits per heavy atom. The van der Waals surface area contributed by atoms with E-state index in [1.54, 1.807) is 6.07 Å². The van der Waals surface area contributed by atoms with Gasteiger partial charge in [0.2, 0.25) is 5.91 Å². The van der Waals surface area contributed by atoms with Crippen LogP contribution in [0.3, 0.4) is 0 Å². The molecule has 0 unspecified atom stereocenters. The zero-order valence-corrected chi connectivity index (χ0v) is 9.07. The van der Waals surface area contributed by atoms with Crippen LogP contribution < -0.4 is 5.73 Å². The van der Waals surface area contributed by atoms with Gasteiger partial charge in [-0.25, -0.2) is 0 Å². The number of carbonyl (C=O) groups excluding carboxylic acids is 1. The van der Waals surface area contributed by atoms with E-state index >= 15 is 0 Å². The predicted octanol–water partition coefficient (Wildman–Crippen LogP) is 1.09. The van der Waals surface area contributed by atoms with Crippen LogP contribution in [-0.2, 0) is 11.3 Å². The molecule has 1 aliphatic rings. The second-order valence-corrected chi connectivity index (χ2v) is 4.03. The van der Waals surface area contributed by atoms with Crippen molar-refractivity contribution in [3.05, 3.63) is 35.4 Å². The molecule has 4 nitrogen and oxygen atoms in total. The number of amidine groups is 1. The summed E-state index contributed by atoms with van der Waals surface area (Å²) in [5.74, 6) is 0.280. The molecule has 1 heterocycles. The first-order valence-corrected chi connectivity index (χ1v) is 5.38. The van der Waals surface area contributed by atoms with Crippen LogP contribution in [0.25, 0.3) is 0 Å². The molecule has 0 aromatic heterocycles. The highest BCUT2D eigenvalue weighted by Gasteiger charge is 2.19. The van der Waals surface area contributed by atoms with Crippen molar-refractivity contribution in [2.24, 2.45) is 5.73 Å². The van der Waals surface area contributed by atoms with Gasteiger partial charge in [0.15, 0.2) is 0 Å². The molecule has 0 aliphatic carbocycles. The average Bonchev–Trinajstić information content (AvgIpc) is 2.65. The van der Waals surface area contributed by atoms with Crippen molar-refractivity contribution in [3.8, 4) is 0 Å². The average molecular weight is 217 g/mol. The van der Waals surface area contributed by atoms with Gasteiger partial charge in [-0.1, -0.05) is 18.2 Å². The number of amides is 1. The molecule has 84 valence electrons. The zero-order chi connectivity index (χ0) is 11.5. The molecule has 1 amide bonds. The Kier molecular flexibility index (Phi) is 2.90. The van der Waals surface area contributed by atoms with Crippen molar-refractivity contribution >= 4 is 11.7 Å². The van der Waals surface area contributed by atoms with Crippen molar-refractivity contribution in [1.29, 1.82) is 5.41 Å². The largest absolute Gasteiger partial charge is 0.384 e. The lowest BCUT2D eigenvalue weighted by molar-refractivity contribution is -0.128. The standard InChI is InChI=1S/C12H15N3O/c13-12(14)10-4-1-3-9(7-10)8-15-6-2-5-11(15)16/h1,3-4,7H,2,5-6,8H2,(H3,13,14). The predicted molar refractivity (Wildman–Crippen MR) is 62.1 cm³/mol. The second kappa shape index (κ2) is 4.35. The minimum atomic E-state index is 0.0644. The summed E-state index contributed by atoms with van der Waals surface area (Å²) in [4.78, 5) is 13.3. The summed E-state index contributed by atoms with van der Waals surface area (Å²) in [7, 11) is 0.